The summed E-state index contributed by atoms with van der Waals surface area (Å²) >= 11 is 0. The molecule has 0 spiro atoms. The molecule has 1 aromatic carbocycles. The number of nitrogens with one attached hydrogen (secondary N) is 3. The van der Waals surface area contributed by atoms with Crippen LogP contribution in [0.5, 0.6) is 0 Å². The highest BCUT2D eigenvalue weighted by Crippen LogP contribution is 2.20. The molecule has 4 N–H and O–H groups in total. The first-order valence-corrected chi connectivity index (χ1v) is 9.27. The molecule has 2 atom stereocenters. The average molecular weight is 390 g/mol. The minimum absolute atomic E-state index is 0.160. The first-order chi connectivity index (χ1) is 13.4. The van der Waals surface area contributed by atoms with Crippen molar-refractivity contribution in [1.82, 2.24) is 21.0 Å². The highest BCUT2D eigenvalue weighted by molar-refractivity contribution is 6.07. The minimum Gasteiger partial charge on any atom is -0.352 e. The molecule has 0 aromatic heterocycles. The van der Waals surface area contributed by atoms with E-state index in [0.717, 1.165) is 4.90 Å². The molecule has 1 aromatic rings. The van der Waals surface area contributed by atoms with Crippen LogP contribution in [0.25, 0.3) is 0 Å². The van der Waals surface area contributed by atoms with Crippen LogP contribution in [0, 0.1) is 5.92 Å². The summed E-state index contributed by atoms with van der Waals surface area (Å²) in [6.07, 6.45) is 1.65. The molecule has 1 aliphatic rings. The summed E-state index contributed by atoms with van der Waals surface area (Å²) in [7, 11) is 0. The fourth-order valence-electron chi connectivity index (χ4n) is 3.16. The zero-order valence-electron chi connectivity index (χ0n) is 16.0. The number of hydrogen-bond donors (Lipinski definition) is 4. The number of benzene rings is 1. The molecule has 9 nitrogen and oxygen atoms in total. The smallest absolute Gasteiger partial charge is 0.325 e. The average Bonchev–Trinajstić information content (AvgIpc) is 2.96. The van der Waals surface area contributed by atoms with Crippen LogP contribution in [0.4, 0.5) is 4.79 Å². The second-order valence-corrected chi connectivity index (χ2v) is 6.99. The Morgan fingerprint density at radius 1 is 1.18 bits per heavy atom. The number of hydroxylamine groups is 1. The Balaban J connectivity index is 1.80. The van der Waals surface area contributed by atoms with Crippen molar-refractivity contribution >= 4 is 23.8 Å². The minimum atomic E-state index is -1.08. The van der Waals surface area contributed by atoms with Crippen molar-refractivity contribution in [3.63, 3.8) is 0 Å². The number of amides is 5. The van der Waals surface area contributed by atoms with Gasteiger partial charge < -0.3 is 10.6 Å². The lowest BCUT2D eigenvalue weighted by Crippen LogP contribution is -2.52. The van der Waals surface area contributed by atoms with Gasteiger partial charge in [-0.3, -0.25) is 19.6 Å². The summed E-state index contributed by atoms with van der Waals surface area (Å²) in [6, 6.07) is 6.43. The van der Waals surface area contributed by atoms with Gasteiger partial charge in [0.15, 0.2) is 0 Å². The third-order valence-corrected chi connectivity index (χ3v) is 4.58. The molecule has 0 saturated carbocycles. The maximum absolute atomic E-state index is 12.6. The maximum atomic E-state index is 12.6. The number of rotatable bonds is 9. The summed E-state index contributed by atoms with van der Waals surface area (Å²) in [5.74, 6) is -1.80. The second kappa shape index (κ2) is 9.84. The molecule has 1 saturated heterocycles. The van der Waals surface area contributed by atoms with Crippen LogP contribution < -0.4 is 16.1 Å². The molecule has 9 heteroatoms. The van der Waals surface area contributed by atoms with Crippen LogP contribution in [0.15, 0.2) is 30.3 Å². The molecule has 152 valence electrons. The van der Waals surface area contributed by atoms with E-state index in [2.05, 4.69) is 10.6 Å². The van der Waals surface area contributed by atoms with E-state index < -0.39 is 29.9 Å². The Bertz CT molecular complexity index is 722. The number of carbonyl (C=O) groups is 4. The van der Waals surface area contributed by atoms with E-state index in [1.807, 2.05) is 6.07 Å². The Labute approximate surface area is 163 Å². The molecular formula is C19H26N4O5. The third kappa shape index (κ3) is 5.07. The van der Waals surface area contributed by atoms with Crippen molar-refractivity contribution in [1.29, 1.82) is 0 Å². The summed E-state index contributed by atoms with van der Waals surface area (Å²) < 4.78 is 0. The van der Waals surface area contributed by atoms with Gasteiger partial charge in [0.05, 0.1) is 0 Å². The molecule has 1 unspecified atom stereocenters. The van der Waals surface area contributed by atoms with Crippen molar-refractivity contribution in [2.45, 2.75) is 45.2 Å². The van der Waals surface area contributed by atoms with E-state index in [9.17, 15) is 19.2 Å². The molecule has 0 aliphatic carbocycles. The molecule has 1 aliphatic heterocycles. The van der Waals surface area contributed by atoms with Crippen LogP contribution in [-0.4, -0.2) is 52.5 Å². The number of nitrogens with zero attached hydrogens (tertiary/aromatic N) is 1. The zero-order valence-corrected chi connectivity index (χ0v) is 16.0. The number of urea groups is 1. The van der Waals surface area contributed by atoms with Crippen molar-refractivity contribution in [2.75, 3.05) is 6.54 Å². The van der Waals surface area contributed by atoms with Gasteiger partial charge in [0.2, 0.25) is 0 Å². The molecule has 1 fully saturated rings. The van der Waals surface area contributed by atoms with Crippen molar-refractivity contribution in [2.24, 2.45) is 5.92 Å². The number of hydrogen-bond acceptors (Lipinski definition) is 5. The lowest BCUT2D eigenvalue weighted by molar-refractivity contribution is -0.142. The summed E-state index contributed by atoms with van der Waals surface area (Å²) in [5, 5.41) is 14.3. The van der Waals surface area contributed by atoms with Crippen molar-refractivity contribution in [3.8, 4) is 0 Å². The van der Waals surface area contributed by atoms with E-state index in [1.54, 1.807) is 38.1 Å². The van der Waals surface area contributed by atoms with Gasteiger partial charge in [0.1, 0.15) is 12.1 Å². The largest absolute Gasteiger partial charge is 0.352 e. The van der Waals surface area contributed by atoms with Crippen LogP contribution in [0.2, 0.25) is 0 Å². The first-order valence-electron chi connectivity index (χ1n) is 9.27. The van der Waals surface area contributed by atoms with Crippen molar-refractivity contribution in [3.05, 3.63) is 35.9 Å². The van der Waals surface area contributed by atoms with E-state index in [0.29, 0.717) is 31.4 Å². The van der Waals surface area contributed by atoms with Crippen LogP contribution in [-0.2, 0) is 9.59 Å². The molecule has 1 heterocycles. The van der Waals surface area contributed by atoms with E-state index in [4.69, 9.17) is 5.21 Å². The third-order valence-electron chi connectivity index (χ3n) is 4.58. The predicted molar refractivity (Wildman–Crippen MR) is 100 cm³/mol. The van der Waals surface area contributed by atoms with E-state index in [-0.39, 0.29) is 11.8 Å². The molecule has 0 bridgehead atoms. The van der Waals surface area contributed by atoms with Gasteiger partial charge in [-0.25, -0.2) is 15.2 Å². The Morgan fingerprint density at radius 3 is 2.46 bits per heavy atom. The molecule has 0 radical (unpaired) electrons. The number of imide groups is 1. The fourth-order valence-corrected chi connectivity index (χ4v) is 3.16. The zero-order chi connectivity index (χ0) is 20.7. The lowest BCUT2D eigenvalue weighted by Gasteiger charge is -2.26. The van der Waals surface area contributed by atoms with Gasteiger partial charge in [-0.2, -0.15) is 0 Å². The van der Waals surface area contributed by atoms with Gasteiger partial charge in [0, 0.05) is 12.1 Å². The highest BCUT2D eigenvalue weighted by atomic mass is 16.5. The van der Waals surface area contributed by atoms with Gasteiger partial charge in [-0.1, -0.05) is 32.0 Å². The predicted octanol–water partition coefficient (Wildman–Crippen LogP) is 1.04. The van der Waals surface area contributed by atoms with Gasteiger partial charge in [-0.15, -0.1) is 0 Å². The standard InChI is InChI=1S/C19H26N4O5/c1-12(2)15(17(25)22-28)23-18(26)14(21-19(23)27)10-6-7-11-20-16(24)13-8-4-3-5-9-13/h3-5,8-9,12,14-15,28H,6-7,10-11H2,1-2H3,(H,20,24)(H,21,27)(H,22,25)/t14?,15-/m1/s1. The maximum Gasteiger partial charge on any atom is 0.325 e. The quantitative estimate of drug-likeness (QED) is 0.217. The topological polar surface area (TPSA) is 128 Å². The SMILES string of the molecule is CC(C)[C@H](C(=O)NO)N1C(=O)NC(CCCCNC(=O)c2ccccc2)C1=O. The summed E-state index contributed by atoms with van der Waals surface area (Å²) in [6.45, 7) is 3.82. The van der Waals surface area contributed by atoms with E-state index in [1.165, 1.54) is 5.48 Å². The highest BCUT2D eigenvalue weighted by Gasteiger charge is 2.45. The molecule has 28 heavy (non-hydrogen) atoms. The second-order valence-electron chi connectivity index (χ2n) is 6.99. The van der Waals surface area contributed by atoms with Gasteiger partial charge >= 0.3 is 6.03 Å². The monoisotopic (exact) mass is 390 g/mol. The molecule has 2 rings (SSSR count). The van der Waals surface area contributed by atoms with Crippen LogP contribution >= 0.6 is 0 Å². The number of carbonyl (C=O) groups excluding carboxylic acids is 4. The first kappa shape index (κ1) is 21.4. The van der Waals surface area contributed by atoms with Crippen molar-refractivity contribution < 1.29 is 24.4 Å². The Kier molecular flexibility index (Phi) is 7.51. The number of unbranched alkanes of at least 4 members (excludes halogenated alkanes) is 1. The Morgan fingerprint density at radius 2 is 1.86 bits per heavy atom. The van der Waals surface area contributed by atoms with Crippen LogP contribution in [0.3, 0.4) is 0 Å². The summed E-state index contributed by atoms with van der Waals surface area (Å²) in [4.78, 5) is 49.4. The lowest BCUT2D eigenvalue weighted by atomic mass is 10.0. The van der Waals surface area contributed by atoms with Gasteiger partial charge in [0.25, 0.3) is 17.7 Å². The van der Waals surface area contributed by atoms with Gasteiger partial charge in [-0.05, 0) is 37.3 Å². The molecule has 5 amide bonds. The summed E-state index contributed by atoms with van der Waals surface area (Å²) in [5.41, 5.74) is 2.09. The molecular weight excluding hydrogens is 364 g/mol. The Hall–Kier alpha value is -2.94. The van der Waals surface area contributed by atoms with E-state index >= 15 is 0 Å². The van der Waals surface area contributed by atoms with Crippen LogP contribution in [0.1, 0.15) is 43.5 Å². The normalized spacial score (nSPS) is 17.4. The fraction of sp³-hybridized carbons (Fsp3) is 0.474.